The van der Waals surface area contributed by atoms with Crippen molar-refractivity contribution < 1.29 is 18.8 Å². The highest BCUT2D eigenvalue weighted by atomic mass is 127. The molecule has 0 spiro atoms. The summed E-state index contributed by atoms with van der Waals surface area (Å²) in [5, 5.41) is 11.2. The van der Waals surface area contributed by atoms with E-state index < -0.39 is 16.7 Å². The summed E-state index contributed by atoms with van der Waals surface area (Å²) in [4.78, 5) is 23.7. The Kier molecular flexibility index (Phi) is 6.31. The molecule has 0 aliphatic heterocycles. The number of carbonyl (C=O) groups is 1. The highest BCUT2D eigenvalue weighted by molar-refractivity contribution is 14.1. The molecule has 0 unspecified atom stereocenters. The summed E-state index contributed by atoms with van der Waals surface area (Å²) < 4.78 is 18.8. The predicted octanol–water partition coefficient (Wildman–Crippen LogP) is 3.12. The number of rotatable bonds is 6. The van der Waals surface area contributed by atoms with Gasteiger partial charge in [0.05, 0.1) is 15.1 Å². The number of nitrogens with zero attached hydrogens (tertiary/aromatic N) is 2. The number of hydrogen-bond acceptors (Lipinski definition) is 5. The number of benzene rings is 1. The smallest absolute Gasteiger partial charge is 0.325 e. The van der Waals surface area contributed by atoms with Crippen molar-refractivity contribution in [1.82, 2.24) is 0 Å². The molecular weight excluding hydrogens is 394 g/mol. The zero-order valence-electron chi connectivity index (χ0n) is 11.9. The largest absolute Gasteiger partial charge is 0.465 e. The minimum Gasteiger partial charge on any atom is -0.465 e. The Morgan fingerprint density at radius 3 is 2.62 bits per heavy atom. The molecule has 0 atom stereocenters. The van der Waals surface area contributed by atoms with Crippen molar-refractivity contribution in [2.75, 3.05) is 18.1 Å². The number of esters is 1. The maximum absolute atomic E-state index is 13.8. The number of nitro benzene ring substituents is 1. The second-order valence-electron chi connectivity index (χ2n) is 4.54. The summed E-state index contributed by atoms with van der Waals surface area (Å²) in [6.07, 6.45) is 0. The van der Waals surface area contributed by atoms with E-state index in [4.69, 9.17) is 4.74 Å². The molecule has 0 heterocycles. The van der Waals surface area contributed by atoms with Crippen LogP contribution in [0.1, 0.15) is 20.8 Å². The van der Waals surface area contributed by atoms with Gasteiger partial charge in [0, 0.05) is 18.2 Å². The molecule has 21 heavy (non-hydrogen) atoms. The van der Waals surface area contributed by atoms with Crippen molar-refractivity contribution in [3.8, 4) is 0 Å². The van der Waals surface area contributed by atoms with Crippen LogP contribution in [0.2, 0.25) is 0 Å². The summed E-state index contributed by atoms with van der Waals surface area (Å²) >= 11 is 1.69. The molecule has 0 saturated carbocycles. The number of nitro groups is 1. The normalized spacial score (nSPS) is 10.6. The van der Waals surface area contributed by atoms with Gasteiger partial charge in [-0.15, -0.1) is 0 Å². The number of carbonyl (C=O) groups excluding carboxylic acids is 1. The van der Waals surface area contributed by atoms with Gasteiger partial charge in [-0.3, -0.25) is 14.9 Å². The second kappa shape index (κ2) is 7.53. The molecule has 0 bridgehead atoms. The lowest BCUT2D eigenvalue weighted by atomic mass is 10.2. The standard InChI is InChI=1S/C13H16FIN2O4/c1-4-21-13(18)7-16(8(2)3)11-5-9(14)10(15)6-12(11)17(19)20/h5-6,8H,4,7H2,1-3H3. The van der Waals surface area contributed by atoms with Crippen LogP contribution in [0.3, 0.4) is 0 Å². The summed E-state index contributed by atoms with van der Waals surface area (Å²) in [6, 6.07) is 2.01. The van der Waals surface area contributed by atoms with Gasteiger partial charge in [-0.25, -0.2) is 4.39 Å². The van der Waals surface area contributed by atoms with E-state index >= 15 is 0 Å². The van der Waals surface area contributed by atoms with E-state index in [9.17, 15) is 19.3 Å². The minimum absolute atomic E-state index is 0.0703. The van der Waals surface area contributed by atoms with Crippen LogP contribution in [0.15, 0.2) is 12.1 Å². The maximum Gasteiger partial charge on any atom is 0.325 e. The fourth-order valence-electron chi connectivity index (χ4n) is 1.79. The van der Waals surface area contributed by atoms with E-state index in [1.807, 2.05) is 0 Å². The summed E-state index contributed by atoms with van der Waals surface area (Å²) in [5.41, 5.74) is -0.167. The van der Waals surface area contributed by atoms with Crippen LogP contribution in [-0.4, -0.2) is 30.1 Å². The number of hydrogen-bond donors (Lipinski definition) is 0. The third-order valence-corrected chi connectivity index (χ3v) is 3.58. The first-order chi connectivity index (χ1) is 9.77. The van der Waals surface area contributed by atoms with Crippen molar-refractivity contribution in [3.05, 3.63) is 31.6 Å². The van der Waals surface area contributed by atoms with Crippen LogP contribution >= 0.6 is 22.6 Å². The molecule has 0 radical (unpaired) electrons. The zero-order chi connectivity index (χ0) is 16.2. The van der Waals surface area contributed by atoms with Gasteiger partial charge in [-0.2, -0.15) is 0 Å². The van der Waals surface area contributed by atoms with Gasteiger partial charge in [0.2, 0.25) is 0 Å². The fraction of sp³-hybridized carbons (Fsp3) is 0.462. The average molecular weight is 410 g/mol. The number of anilines is 1. The van der Waals surface area contributed by atoms with Crippen LogP contribution in [0.5, 0.6) is 0 Å². The van der Waals surface area contributed by atoms with Gasteiger partial charge < -0.3 is 9.64 Å². The Balaban J connectivity index is 3.27. The third kappa shape index (κ3) is 4.51. The topological polar surface area (TPSA) is 72.7 Å². The minimum atomic E-state index is -0.586. The fourth-order valence-corrected chi connectivity index (χ4v) is 2.24. The van der Waals surface area contributed by atoms with Gasteiger partial charge in [0.25, 0.3) is 5.69 Å². The average Bonchev–Trinajstić information content (AvgIpc) is 2.38. The molecule has 6 nitrogen and oxygen atoms in total. The highest BCUT2D eigenvalue weighted by Crippen LogP contribution is 2.32. The van der Waals surface area contributed by atoms with Crippen LogP contribution in [0.25, 0.3) is 0 Å². The summed E-state index contributed by atoms with van der Waals surface area (Å²) in [6.45, 7) is 5.24. The van der Waals surface area contributed by atoms with Gasteiger partial charge in [0.15, 0.2) is 0 Å². The molecule has 116 valence electrons. The number of ether oxygens (including phenoxy) is 1. The van der Waals surface area contributed by atoms with E-state index in [0.717, 1.165) is 12.1 Å². The predicted molar refractivity (Wildman–Crippen MR) is 84.9 cm³/mol. The van der Waals surface area contributed by atoms with E-state index in [-0.39, 0.29) is 34.1 Å². The second-order valence-corrected chi connectivity index (χ2v) is 5.70. The van der Waals surface area contributed by atoms with Crippen LogP contribution < -0.4 is 4.90 Å². The van der Waals surface area contributed by atoms with Crippen molar-refractivity contribution in [1.29, 1.82) is 0 Å². The molecule has 0 aromatic heterocycles. The molecule has 0 aliphatic rings. The molecule has 0 amide bonds. The van der Waals surface area contributed by atoms with E-state index in [1.165, 1.54) is 4.90 Å². The van der Waals surface area contributed by atoms with E-state index in [0.29, 0.717) is 0 Å². The van der Waals surface area contributed by atoms with Gasteiger partial charge in [0.1, 0.15) is 18.0 Å². The van der Waals surface area contributed by atoms with Crippen molar-refractivity contribution in [2.24, 2.45) is 0 Å². The lowest BCUT2D eigenvalue weighted by Crippen LogP contribution is -2.37. The summed E-state index contributed by atoms with van der Waals surface area (Å²) in [5.74, 6) is -1.08. The molecular formula is C13H16FIN2O4. The van der Waals surface area contributed by atoms with Crippen LogP contribution in [0.4, 0.5) is 15.8 Å². The first kappa shape index (κ1) is 17.6. The lowest BCUT2D eigenvalue weighted by molar-refractivity contribution is -0.384. The Hall–Kier alpha value is -1.45. The first-order valence-corrected chi connectivity index (χ1v) is 7.41. The molecule has 0 N–H and O–H groups in total. The van der Waals surface area contributed by atoms with Gasteiger partial charge in [-0.1, -0.05) is 0 Å². The van der Waals surface area contributed by atoms with Crippen LogP contribution in [-0.2, 0) is 9.53 Å². The third-order valence-electron chi connectivity index (χ3n) is 2.75. The highest BCUT2D eigenvalue weighted by Gasteiger charge is 2.26. The van der Waals surface area contributed by atoms with Crippen molar-refractivity contribution in [3.63, 3.8) is 0 Å². The Morgan fingerprint density at radius 2 is 2.14 bits per heavy atom. The SMILES string of the molecule is CCOC(=O)CN(c1cc(F)c(I)cc1[N+](=O)[O-])C(C)C. The first-order valence-electron chi connectivity index (χ1n) is 6.33. The number of halogens is 2. The van der Waals surface area contributed by atoms with Crippen molar-refractivity contribution >= 4 is 39.9 Å². The van der Waals surface area contributed by atoms with Crippen molar-refractivity contribution in [2.45, 2.75) is 26.8 Å². The Labute approximate surface area is 135 Å². The molecule has 1 rings (SSSR count). The molecule has 0 saturated heterocycles. The monoisotopic (exact) mass is 410 g/mol. The summed E-state index contributed by atoms with van der Waals surface area (Å²) in [7, 11) is 0. The van der Waals surface area contributed by atoms with Gasteiger partial charge in [-0.05, 0) is 43.4 Å². The van der Waals surface area contributed by atoms with Gasteiger partial charge >= 0.3 is 5.97 Å². The van der Waals surface area contributed by atoms with E-state index in [2.05, 4.69) is 0 Å². The molecule has 1 aromatic carbocycles. The molecule has 8 heteroatoms. The maximum atomic E-state index is 13.8. The molecule has 0 fully saturated rings. The lowest BCUT2D eigenvalue weighted by Gasteiger charge is -2.27. The molecule has 0 aliphatic carbocycles. The molecule has 1 aromatic rings. The zero-order valence-corrected chi connectivity index (χ0v) is 14.1. The van der Waals surface area contributed by atoms with E-state index in [1.54, 1.807) is 43.4 Å². The Bertz CT molecular complexity index is 551. The Morgan fingerprint density at radius 1 is 1.52 bits per heavy atom. The quantitative estimate of drug-likeness (QED) is 0.312. The van der Waals surface area contributed by atoms with Crippen LogP contribution in [0, 0.1) is 19.5 Å².